The molecule has 1 aromatic heterocycles. The van der Waals surface area contributed by atoms with Crippen molar-refractivity contribution in [2.75, 3.05) is 0 Å². The monoisotopic (exact) mass is 196 g/mol. The van der Waals surface area contributed by atoms with Crippen molar-refractivity contribution in [1.29, 1.82) is 5.26 Å². The molecule has 0 unspecified atom stereocenters. The van der Waals surface area contributed by atoms with Gasteiger partial charge in [-0.05, 0) is 30.3 Å². The molecule has 2 rings (SSSR count). The van der Waals surface area contributed by atoms with Gasteiger partial charge in [0, 0.05) is 18.0 Å². The van der Waals surface area contributed by atoms with E-state index >= 15 is 0 Å². The fraction of sp³-hybridized carbons (Fsp3) is 0. The number of benzene rings is 1. The van der Waals surface area contributed by atoms with Crippen LogP contribution in [0.4, 0.5) is 0 Å². The summed E-state index contributed by atoms with van der Waals surface area (Å²) in [4.78, 5) is 11.5. The fourth-order valence-electron chi connectivity index (χ4n) is 1.34. The highest BCUT2D eigenvalue weighted by Gasteiger charge is 1.97. The largest absolute Gasteiger partial charge is 0.284 e. The SMILES string of the molecule is N#Cc1ccc(-n2ccccc2=O)cc1. The normalized spacial score (nSPS) is 9.53. The van der Waals surface area contributed by atoms with Crippen molar-refractivity contribution in [2.24, 2.45) is 0 Å². The van der Waals surface area contributed by atoms with E-state index in [1.807, 2.05) is 6.07 Å². The van der Waals surface area contributed by atoms with Gasteiger partial charge in [0.2, 0.25) is 0 Å². The van der Waals surface area contributed by atoms with Gasteiger partial charge in [-0.15, -0.1) is 0 Å². The summed E-state index contributed by atoms with van der Waals surface area (Å²) in [7, 11) is 0. The summed E-state index contributed by atoms with van der Waals surface area (Å²) in [6.07, 6.45) is 1.70. The third-order valence-corrected chi connectivity index (χ3v) is 2.10. The van der Waals surface area contributed by atoms with Crippen LogP contribution in [0.3, 0.4) is 0 Å². The van der Waals surface area contributed by atoms with Crippen LogP contribution in [-0.2, 0) is 0 Å². The number of nitriles is 1. The Morgan fingerprint density at radius 2 is 1.80 bits per heavy atom. The average Bonchev–Trinajstić information content (AvgIpc) is 2.30. The summed E-state index contributed by atoms with van der Waals surface area (Å²) in [5.74, 6) is 0. The van der Waals surface area contributed by atoms with Gasteiger partial charge in [0.05, 0.1) is 11.6 Å². The van der Waals surface area contributed by atoms with Crippen molar-refractivity contribution in [3.8, 4) is 11.8 Å². The Morgan fingerprint density at radius 3 is 2.40 bits per heavy atom. The van der Waals surface area contributed by atoms with E-state index in [1.165, 1.54) is 10.6 Å². The lowest BCUT2D eigenvalue weighted by atomic mass is 10.2. The minimum Gasteiger partial charge on any atom is -0.284 e. The maximum absolute atomic E-state index is 11.5. The molecule has 2 aromatic rings. The lowest BCUT2D eigenvalue weighted by Gasteiger charge is -2.03. The fourth-order valence-corrected chi connectivity index (χ4v) is 1.34. The van der Waals surface area contributed by atoms with Gasteiger partial charge in [-0.3, -0.25) is 9.36 Å². The molecule has 15 heavy (non-hydrogen) atoms. The zero-order chi connectivity index (χ0) is 10.7. The number of hydrogen-bond donors (Lipinski definition) is 0. The molecule has 0 aliphatic heterocycles. The number of nitrogens with zero attached hydrogens (tertiary/aromatic N) is 2. The highest BCUT2D eigenvalue weighted by atomic mass is 16.1. The standard InChI is InChI=1S/C12H8N2O/c13-9-10-4-6-11(7-5-10)14-8-2-1-3-12(14)15/h1-8H. The zero-order valence-corrected chi connectivity index (χ0v) is 7.92. The van der Waals surface area contributed by atoms with Gasteiger partial charge in [-0.1, -0.05) is 6.07 Å². The van der Waals surface area contributed by atoms with Gasteiger partial charge >= 0.3 is 0 Å². The van der Waals surface area contributed by atoms with Gasteiger partial charge in [0.25, 0.3) is 5.56 Å². The summed E-state index contributed by atoms with van der Waals surface area (Å²) in [5.41, 5.74) is 1.27. The Hall–Kier alpha value is -2.34. The molecule has 0 spiro atoms. The molecular weight excluding hydrogens is 188 g/mol. The quantitative estimate of drug-likeness (QED) is 0.697. The molecule has 3 nitrogen and oxygen atoms in total. The minimum atomic E-state index is -0.0813. The van der Waals surface area contributed by atoms with Crippen LogP contribution in [0.15, 0.2) is 53.5 Å². The van der Waals surface area contributed by atoms with E-state index in [0.717, 1.165) is 5.69 Å². The van der Waals surface area contributed by atoms with Gasteiger partial charge in [0.15, 0.2) is 0 Å². The van der Waals surface area contributed by atoms with E-state index in [9.17, 15) is 4.79 Å². The van der Waals surface area contributed by atoms with Gasteiger partial charge in [0.1, 0.15) is 0 Å². The number of rotatable bonds is 1. The second-order valence-electron chi connectivity index (χ2n) is 3.07. The van der Waals surface area contributed by atoms with Crippen molar-refractivity contribution in [3.63, 3.8) is 0 Å². The van der Waals surface area contributed by atoms with Crippen LogP contribution < -0.4 is 5.56 Å². The summed E-state index contributed by atoms with van der Waals surface area (Å²) < 4.78 is 1.53. The molecular formula is C12H8N2O. The maximum atomic E-state index is 11.5. The molecule has 0 N–H and O–H groups in total. The Kier molecular flexibility index (Phi) is 2.34. The van der Waals surface area contributed by atoms with E-state index < -0.39 is 0 Å². The smallest absolute Gasteiger partial charge is 0.255 e. The molecule has 0 amide bonds. The molecule has 1 aromatic carbocycles. The third kappa shape index (κ3) is 1.79. The highest BCUT2D eigenvalue weighted by Crippen LogP contribution is 2.06. The molecule has 0 atom stereocenters. The third-order valence-electron chi connectivity index (χ3n) is 2.10. The molecule has 0 aliphatic rings. The Bertz CT molecular complexity index is 561. The van der Waals surface area contributed by atoms with Crippen molar-refractivity contribution in [3.05, 3.63) is 64.6 Å². The average molecular weight is 196 g/mol. The van der Waals surface area contributed by atoms with Crippen LogP contribution in [0.2, 0.25) is 0 Å². The predicted octanol–water partition coefficient (Wildman–Crippen LogP) is 1.71. The summed E-state index contributed by atoms with van der Waals surface area (Å²) in [6.45, 7) is 0. The lowest BCUT2D eigenvalue weighted by Crippen LogP contribution is -2.15. The van der Waals surface area contributed by atoms with Crippen LogP contribution in [-0.4, -0.2) is 4.57 Å². The molecule has 0 bridgehead atoms. The molecule has 0 saturated carbocycles. The van der Waals surface area contributed by atoms with E-state index in [1.54, 1.807) is 42.6 Å². The Labute approximate surface area is 86.8 Å². The zero-order valence-electron chi connectivity index (χ0n) is 7.92. The van der Waals surface area contributed by atoms with Crippen molar-refractivity contribution < 1.29 is 0 Å². The number of hydrogen-bond acceptors (Lipinski definition) is 2. The first-order chi connectivity index (χ1) is 7.31. The van der Waals surface area contributed by atoms with Crippen molar-refractivity contribution >= 4 is 0 Å². The molecule has 3 heteroatoms. The summed E-state index contributed by atoms with van der Waals surface area (Å²) >= 11 is 0. The molecule has 0 fully saturated rings. The molecule has 1 heterocycles. The van der Waals surface area contributed by atoms with E-state index in [-0.39, 0.29) is 5.56 Å². The lowest BCUT2D eigenvalue weighted by molar-refractivity contribution is 0.990. The first-order valence-corrected chi connectivity index (χ1v) is 4.49. The first kappa shape index (κ1) is 9.22. The van der Waals surface area contributed by atoms with Crippen LogP contribution >= 0.6 is 0 Å². The predicted molar refractivity (Wildman–Crippen MR) is 56.8 cm³/mol. The van der Waals surface area contributed by atoms with Crippen LogP contribution in [0.25, 0.3) is 5.69 Å². The van der Waals surface area contributed by atoms with E-state index in [4.69, 9.17) is 5.26 Å². The summed E-state index contributed by atoms with van der Waals surface area (Å²) in [5, 5.41) is 8.64. The van der Waals surface area contributed by atoms with E-state index in [0.29, 0.717) is 5.56 Å². The second-order valence-corrected chi connectivity index (χ2v) is 3.07. The summed E-state index contributed by atoms with van der Waals surface area (Å²) in [6, 6.07) is 13.9. The topological polar surface area (TPSA) is 45.8 Å². The maximum Gasteiger partial charge on any atom is 0.255 e. The molecule has 0 saturated heterocycles. The van der Waals surface area contributed by atoms with Gasteiger partial charge in [-0.2, -0.15) is 5.26 Å². The van der Waals surface area contributed by atoms with E-state index in [2.05, 4.69) is 0 Å². The van der Waals surface area contributed by atoms with Gasteiger partial charge < -0.3 is 0 Å². The molecule has 0 aliphatic carbocycles. The van der Waals surface area contributed by atoms with Crippen molar-refractivity contribution in [1.82, 2.24) is 4.57 Å². The molecule has 0 radical (unpaired) electrons. The minimum absolute atomic E-state index is 0.0813. The van der Waals surface area contributed by atoms with Crippen LogP contribution in [0, 0.1) is 11.3 Å². The van der Waals surface area contributed by atoms with Crippen molar-refractivity contribution in [2.45, 2.75) is 0 Å². The Morgan fingerprint density at radius 1 is 1.07 bits per heavy atom. The first-order valence-electron chi connectivity index (χ1n) is 4.49. The highest BCUT2D eigenvalue weighted by molar-refractivity contribution is 5.39. The van der Waals surface area contributed by atoms with Crippen LogP contribution in [0.5, 0.6) is 0 Å². The Balaban J connectivity index is 2.52. The van der Waals surface area contributed by atoms with Gasteiger partial charge in [-0.25, -0.2) is 0 Å². The van der Waals surface area contributed by atoms with Crippen LogP contribution in [0.1, 0.15) is 5.56 Å². The second kappa shape index (κ2) is 3.81. The number of pyridine rings is 1. The molecule has 72 valence electrons. The number of aromatic nitrogens is 1.